The van der Waals surface area contributed by atoms with Gasteiger partial charge in [-0.1, -0.05) is 24.3 Å². The summed E-state index contributed by atoms with van der Waals surface area (Å²) in [6.07, 6.45) is 1.83. The molecule has 0 aliphatic heterocycles. The van der Waals surface area contributed by atoms with Gasteiger partial charge in [0.05, 0.1) is 0 Å². The van der Waals surface area contributed by atoms with Crippen molar-refractivity contribution in [3.63, 3.8) is 0 Å². The lowest BCUT2D eigenvalue weighted by atomic mass is 10.1. The molecular formula is C15H22N2O2. The average molecular weight is 262 g/mol. The minimum atomic E-state index is -0.544. The Morgan fingerprint density at radius 3 is 2.95 bits per heavy atom. The molecule has 0 heterocycles. The van der Waals surface area contributed by atoms with Crippen molar-refractivity contribution in [1.29, 1.82) is 0 Å². The first kappa shape index (κ1) is 15.2. The summed E-state index contributed by atoms with van der Waals surface area (Å²) >= 11 is 0. The van der Waals surface area contributed by atoms with Crippen molar-refractivity contribution in [2.24, 2.45) is 5.73 Å². The lowest BCUT2D eigenvalue weighted by Gasteiger charge is -2.18. The van der Waals surface area contributed by atoms with Crippen LogP contribution in [0.5, 0.6) is 5.75 Å². The Morgan fingerprint density at radius 1 is 1.58 bits per heavy atom. The zero-order valence-corrected chi connectivity index (χ0v) is 11.6. The minimum absolute atomic E-state index is 0.151. The van der Waals surface area contributed by atoms with Crippen molar-refractivity contribution < 1.29 is 9.53 Å². The van der Waals surface area contributed by atoms with Gasteiger partial charge in [-0.3, -0.25) is 4.79 Å². The zero-order valence-electron chi connectivity index (χ0n) is 11.6. The topological polar surface area (TPSA) is 64.3 Å². The van der Waals surface area contributed by atoms with Gasteiger partial charge in [0.1, 0.15) is 5.75 Å². The minimum Gasteiger partial charge on any atom is -0.480 e. The van der Waals surface area contributed by atoms with Crippen molar-refractivity contribution >= 4 is 5.91 Å². The second-order valence-electron chi connectivity index (χ2n) is 4.40. The molecule has 1 aromatic rings. The molecule has 3 N–H and O–H groups in total. The van der Waals surface area contributed by atoms with E-state index in [4.69, 9.17) is 10.5 Å². The summed E-state index contributed by atoms with van der Waals surface area (Å²) in [5.74, 6) is 0.607. The highest BCUT2D eigenvalue weighted by molar-refractivity contribution is 5.80. The van der Waals surface area contributed by atoms with Gasteiger partial charge >= 0.3 is 0 Å². The van der Waals surface area contributed by atoms with Crippen LogP contribution in [0.3, 0.4) is 0 Å². The molecule has 0 saturated heterocycles. The summed E-state index contributed by atoms with van der Waals surface area (Å²) in [5.41, 5.74) is 7.63. The van der Waals surface area contributed by atoms with Gasteiger partial charge in [0.25, 0.3) is 5.91 Å². The van der Waals surface area contributed by atoms with E-state index in [1.807, 2.05) is 25.1 Å². The Hall–Kier alpha value is -1.81. The fraction of sp³-hybridized carbons (Fsp3) is 0.400. The summed E-state index contributed by atoms with van der Waals surface area (Å²) in [4.78, 5) is 11.8. The highest BCUT2D eigenvalue weighted by Gasteiger charge is 2.16. The maximum absolute atomic E-state index is 11.8. The van der Waals surface area contributed by atoms with Gasteiger partial charge in [0, 0.05) is 6.54 Å². The van der Waals surface area contributed by atoms with Crippen LogP contribution in [0.15, 0.2) is 30.9 Å². The molecule has 4 nitrogen and oxygen atoms in total. The second kappa shape index (κ2) is 7.59. The Morgan fingerprint density at radius 2 is 2.32 bits per heavy atom. The number of ether oxygens (including phenoxy) is 1. The molecule has 0 fully saturated rings. The van der Waals surface area contributed by atoms with E-state index in [0.29, 0.717) is 13.1 Å². The number of amides is 1. The highest BCUT2D eigenvalue weighted by atomic mass is 16.5. The number of carbonyl (C=O) groups excluding carboxylic acids is 1. The fourth-order valence-corrected chi connectivity index (χ4v) is 1.78. The van der Waals surface area contributed by atoms with E-state index < -0.39 is 6.10 Å². The number of aryl methyl sites for hydroxylation is 1. The lowest BCUT2D eigenvalue weighted by Crippen LogP contribution is -2.36. The summed E-state index contributed by atoms with van der Waals surface area (Å²) in [5, 5.41) is 2.72. The largest absolute Gasteiger partial charge is 0.480 e. The molecule has 1 aromatic carbocycles. The first-order chi connectivity index (χ1) is 9.10. The maximum atomic E-state index is 11.8. The number of rotatable bonds is 7. The molecule has 104 valence electrons. The second-order valence-corrected chi connectivity index (χ2v) is 4.40. The third-order valence-corrected chi connectivity index (χ3v) is 2.79. The van der Waals surface area contributed by atoms with Crippen LogP contribution in [0.4, 0.5) is 0 Å². The molecule has 1 atom stereocenters. The van der Waals surface area contributed by atoms with E-state index in [2.05, 4.69) is 11.9 Å². The molecule has 19 heavy (non-hydrogen) atoms. The van der Waals surface area contributed by atoms with Crippen molar-refractivity contribution in [3.8, 4) is 5.75 Å². The first-order valence-corrected chi connectivity index (χ1v) is 6.44. The Labute approximate surface area is 114 Å². The standard InChI is InChI=1S/C15H22N2O2/c1-4-10-17-15(18)12(3)19-14-11(2)6-5-7-13(14)8-9-16/h4-7,12H,1,8-10,16H2,2-3H3,(H,17,18). The number of nitrogens with two attached hydrogens (primary N) is 1. The SMILES string of the molecule is C=CCNC(=O)C(C)Oc1c(C)cccc1CCN. The third kappa shape index (κ3) is 4.41. The molecule has 4 heteroatoms. The molecule has 1 amide bonds. The van der Waals surface area contributed by atoms with E-state index in [1.165, 1.54) is 0 Å². The maximum Gasteiger partial charge on any atom is 0.261 e. The van der Waals surface area contributed by atoms with Crippen LogP contribution < -0.4 is 15.8 Å². The van der Waals surface area contributed by atoms with Crippen LogP contribution in [-0.4, -0.2) is 25.1 Å². The summed E-state index contributed by atoms with van der Waals surface area (Å²) in [6, 6.07) is 5.91. The summed E-state index contributed by atoms with van der Waals surface area (Å²) < 4.78 is 5.79. The molecule has 0 radical (unpaired) electrons. The number of para-hydroxylation sites is 1. The smallest absolute Gasteiger partial charge is 0.261 e. The molecule has 0 aliphatic rings. The van der Waals surface area contributed by atoms with Crippen molar-refractivity contribution in [2.75, 3.05) is 13.1 Å². The quantitative estimate of drug-likeness (QED) is 0.733. The molecule has 0 spiro atoms. The van der Waals surface area contributed by atoms with Crippen molar-refractivity contribution in [1.82, 2.24) is 5.32 Å². The van der Waals surface area contributed by atoms with E-state index in [0.717, 1.165) is 23.3 Å². The number of hydrogen-bond acceptors (Lipinski definition) is 3. The normalized spacial score (nSPS) is 11.7. The van der Waals surface area contributed by atoms with Crippen LogP contribution in [0.1, 0.15) is 18.1 Å². The molecule has 0 aromatic heterocycles. The molecule has 0 bridgehead atoms. The van der Waals surface area contributed by atoms with Gasteiger partial charge in [-0.15, -0.1) is 6.58 Å². The summed E-state index contributed by atoms with van der Waals surface area (Å²) in [6.45, 7) is 8.25. The van der Waals surface area contributed by atoms with E-state index in [9.17, 15) is 4.79 Å². The predicted molar refractivity (Wildman–Crippen MR) is 77.2 cm³/mol. The van der Waals surface area contributed by atoms with Crippen LogP contribution in [0.25, 0.3) is 0 Å². The van der Waals surface area contributed by atoms with Gasteiger partial charge in [-0.2, -0.15) is 0 Å². The number of carbonyl (C=O) groups is 1. The van der Waals surface area contributed by atoms with Crippen molar-refractivity contribution in [2.45, 2.75) is 26.4 Å². The number of benzene rings is 1. The highest BCUT2D eigenvalue weighted by Crippen LogP contribution is 2.24. The molecule has 1 unspecified atom stereocenters. The fourth-order valence-electron chi connectivity index (χ4n) is 1.78. The van der Waals surface area contributed by atoms with E-state index >= 15 is 0 Å². The van der Waals surface area contributed by atoms with Gasteiger partial charge in [0.2, 0.25) is 0 Å². The van der Waals surface area contributed by atoms with Gasteiger partial charge in [-0.05, 0) is 37.9 Å². The molecule has 1 rings (SSSR count). The Balaban J connectivity index is 2.80. The molecule has 0 saturated carbocycles. The molecule has 0 aliphatic carbocycles. The van der Waals surface area contributed by atoms with Gasteiger partial charge in [0.15, 0.2) is 6.10 Å². The van der Waals surface area contributed by atoms with E-state index in [-0.39, 0.29) is 5.91 Å². The lowest BCUT2D eigenvalue weighted by molar-refractivity contribution is -0.127. The predicted octanol–water partition coefficient (Wildman–Crippen LogP) is 1.57. The summed E-state index contributed by atoms with van der Waals surface area (Å²) in [7, 11) is 0. The zero-order chi connectivity index (χ0) is 14.3. The average Bonchev–Trinajstić information content (AvgIpc) is 2.40. The van der Waals surface area contributed by atoms with Crippen LogP contribution in [0.2, 0.25) is 0 Å². The first-order valence-electron chi connectivity index (χ1n) is 6.44. The molecular weight excluding hydrogens is 240 g/mol. The monoisotopic (exact) mass is 262 g/mol. The van der Waals surface area contributed by atoms with Gasteiger partial charge in [-0.25, -0.2) is 0 Å². The van der Waals surface area contributed by atoms with E-state index in [1.54, 1.807) is 13.0 Å². The van der Waals surface area contributed by atoms with Crippen LogP contribution in [-0.2, 0) is 11.2 Å². The third-order valence-electron chi connectivity index (χ3n) is 2.79. The number of nitrogens with one attached hydrogen (secondary N) is 1. The van der Waals surface area contributed by atoms with Crippen LogP contribution >= 0.6 is 0 Å². The Bertz CT molecular complexity index is 444. The number of hydrogen-bond donors (Lipinski definition) is 2. The Kier molecular flexibility index (Phi) is 6.09. The van der Waals surface area contributed by atoms with Crippen LogP contribution in [0, 0.1) is 6.92 Å². The van der Waals surface area contributed by atoms with Gasteiger partial charge < -0.3 is 15.8 Å². The van der Waals surface area contributed by atoms with Crippen molar-refractivity contribution in [3.05, 3.63) is 42.0 Å².